The van der Waals surface area contributed by atoms with E-state index in [1.165, 1.54) is 18.2 Å². The number of carboxylic acid groups (broad SMARTS) is 1. The van der Waals surface area contributed by atoms with Crippen molar-refractivity contribution >= 4 is 22.8 Å². The molecule has 0 unspecified atom stereocenters. The number of nitrogens with one attached hydrogen (secondary N) is 1. The van der Waals surface area contributed by atoms with Gasteiger partial charge in [-0.25, -0.2) is 14.8 Å². The van der Waals surface area contributed by atoms with Gasteiger partial charge in [0.25, 0.3) is 5.69 Å². The van der Waals surface area contributed by atoms with Crippen molar-refractivity contribution in [2.24, 2.45) is 0 Å². The first-order chi connectivity index (χ1) is 10.0. The van der Waals surface area contributed by atoms with Crippen LogP contribution in [0, 0.1) is 10.1 Å². The Bertz CT molecular complexity index is 871. The number of carbonyl (C=O) groups is 1. The minimum atomic E-state index is -1.04. The summed E-state index contributed by atoms with van der Waals surface area (Å²) in [5.41, 5.74) is 1.30. The zero-order valence-corrected chi connectivity index (χ0v) is 10.5. The van der Waals surface area contributed by atoms with Crippen LogP contribution >= 0.6 is 0 Å². The number of imidazole rings is 1. The highest BCUT2D eigenvalue weighted by atomic mass is 16.6. The van der Waals surface area contributed by atoms with E-state index in [1.807, 2.05) is 0 Å². The lowest BCUT2D eigenvalue weighted by Crippen LogP contribution is -1.95. The van der Waals surface area contributed by atoms with Gasteiger partial charge in [0, 0.05) is 11.6 Å². The third-order valence-corrected chi connectivity index (χ3v) is 2.92. The summed E-state index contributed by atoms with van der Waals surface area (Å²) in [5, 5.41) is 19.7. The molecule has 3 rings (SSSR count). The van der Waals surface area contributed by atoms with Crippen LogP contribution in [0.3, 0.4) is 0 Å². The molecule has 2 heterocycles. The number of aromatic carboxylic acids is 1. The molecule has 2 N–H and O–H groups in total. The van der Waals surface area contributed by atoms with Crippen molar-refractivity contribution in [3.63, 3.8) is 0 Å². The largest absolute Gasteiger partial charge is 0.478 e. The molecule has 104 valence electrons. The maximum absolute atomic E-state index is 11.0. The van der Waals surface area contributed by atoms with Gasteiger partial charge in [-0.3, -0.25) is 10.1 Å². The Balaban J connectivity index is 2.10. The summed E-state index contributed by atoms with van der Waals surface area (Å²) in [6, 6.07) is 7.56. The highest BCUT2D eigenvalue weighted by molar-refractivity contribution is 5.89. The second-order valence-corrected chi connectivity index (χ2v) is 4.29. The number of carboxylic acids is 1. The second-order valence-electron chi connectivity index (χ2n) is 4.29. The van der Waals surface area contributed by atoms with Crippen LogP contribution < -0.4 is 0 Å². The number of nitro groups is 1. The summed E-state index contributed by atoms with van der Waals surface area (Å²) >= 11 is 0. The SMILES string of the molecule is O=C(O)c1cccc(-c2nc3ncc([N+](=O)[O-])cc3[nH]2)c1. The Morgan fingerprint density at radius 2 is 2.14 bits per heavy atom. The Morgan fingerprint density at radius 1 is 1.33 bits per heavy atom. The quantitative estimate of drug-likeness (QED) is 0.561. The van der Waals surface area contributed by atoms with Gasteiger partial charge < -0.3 is 10.1 Å². The van der Waals surface area contributed by atoms with E-state index < -0.39 is 10.9 Å². The first-order valence-electron chi connectivity index (χ1n) is 5.88. The normalized spacial score (nSPS) is 10.7. The zero-order valence-electron chi connectivity index (χ0n) is 10.5. The third kappa shape index (κ3) is 2.29. The fraction of sp³-hybridized carbons (Fsp3) is 0. The molecule has 0 saturated heterocycles. The molecule has 0 aliphatic carbocycles. The van der Waals surface area contributed by atoms with Crippen molar-refractivity contribution in [3.05, 3.63) is 52.2 Å². The lowest BCUT2D eigenvalue weighted by Gasteiger charge is -1.98. The smallest absolute Gasteiger partial charge is 0.335 e. The van der Waals surface area contributed by atoms with Crippen LogP contribution in [0.15, 0.2) is 36.5 Å². The molecule has 1 aromatic carbocycles. The van der Waals surface area contributed by atoms with Gasteiger partial charge in [-0.15, -0.1) is 0 Å². The summed E-state index contributed by atoms with van der Waals surface area (Å²) in [5.74, 6) is -0.636. The van der Waals surface area contributed by atoms with Crippen molar-refractivity contribution < 1.29 is 14.8 Å². The Hall–Kier alpha value is -3.29. The third-order valence-electron chi connectivity index (χ3n) is 2.92. The van der Waals surface area contributed by atoms with Crippen LogP contribution in [0.1, 0.15) is 10.4 Å². The van der Waals surface area contributed by atoms with Crippen molar-refractivity contribution in [1.82, 2.24) is 15.0 Å². The molecule has 2 aromatic heterocycles. The molecular formula is C13H8N4O4. The second kappa shape index (κ2) is 4.67. The number of rotatable bonds is 3. The number of nitrogens with zero attached hydrogens (tertiary/aromatic N) is 3. The molecule has 3 aromatic rings. The van der Waals surface area contributed by atoms with Gasteiger partial charge in [0.1, 0.15) is 12.0 Å². The average molecular weight is 284 g/mol. The van der Waals surface area contributed by atoms with E-state index in [1.54, 1.807) is 12.1 Å². The molecule has 0 amide bonds. The Kier molecular flexibility index (Phi) is 2.83. The van der Waals surface area contributed by atoms with Gasteiger partial charge in [0.05, 0.1) is 16.0 Å². The van der Waals surface area contributed by atoms with Gasteiger partial charge in [-0.05, 0) is 12.1 Å². The zero-order chi connectivity index (χ0) is 15.0. The number of hydrogen-bond donors (Lipinski definition) is 2. The summed E-state index contributed by atoms with van der Waals surface area (Å²) in [7, 11) is 0. The standard InChI is InChI=1S/C13H8N4O4/c18-13(19)8-3-1-2-7(4-8)11-15-10-5-9(17(20)21)6-14-12(10)16-11/h1-6H,(H,18,19)(H,14,15,16). The number of aromatic amines is 1. The maximum atomic E-state index is 11.0. The topological polar surface area (TPSA) is 122 Å². The van der Waals surface area contributed by atoms with E-state index >= 15 is 0 Å². The first-order valence-corrected chi connectivity index (χ1v) is 5.88. The van der Waals surface area contributed by atoms with E-state index in [2.05, 4.69) is 15.0 Å². The van der Waals surface area contributed by atoms with Crippen LogP contribution in [0.2, 0.25) is 0 Å². The maximum Gasteiger partial charge on any atom is 0.335 e. The Labute approximate surface area is 117 Å². The minimum Gasteiger partial charge on any atom is -0.478 e. The summed E-state index contributed by atoms with van der Waals surface area (Å²) < 4.78 is 0. The fourth-order valence-corrected chi connectivity index (χ4v) is 1.93. The van der Waals surface area contributed by atoms with Crippen LogP contribution in [-0.2, 0) is 0 Å². The molecule has 21 heavy (non-hydrogen) atoms. The molecule has 8 nitrogen and oxygen atoms in total. The minimum absolute atomic E-state index is 0.131. The molecule has 0 fully saturated rings. The number of fused-ring (bicyclic) bond motifs is 1. The van der Waals surface area contributed by atoms with Crippen LogP contribution in [-0.4, -0.2) is 31.0 Å². The van der Waals surface area contributed by atoms with E-state index in [0.717, 1.165) is 6.20 Å². The van der Waals surface area contributed by atoms with Crippen molar-refractivity contribution in [1.29, 1.82) is 0 Å². The number of aromatic nitrogens is 3. The predicted octanol–water partition coefficient (Wildman–Crippen LogP) is 2.23. The fourth-order valence-electron chi connectivity index (χ4n) is 1.93. The molecule has 8 heteroatoms. The van der Waals surface area contributed by atoms with Crippen LogP contribution in [0.25, 0.3) is 22.6 Å². The number of hydrogen-bond acceptors (Lipinski definition) is 5. The highest BCUT2D eigenvalue weighted by Crippen LogP contribution is 2.22. The molecule has 0 atom stereocenters. The van der Waals surface area contributed by atoms with Gasteiger partial charge >= 0.3 is 5.97 Å². The molecular weight excluding hydrogens is 276 g/mol. The van der Waals surface area contributed by atoms with E-state index in [4.69, 9.17) is 5.11 Å². The van der Waals surface area contributed by atoms with Crippen LogP contribution in [0.5, 0.6) is 0 Å². The van der Waals surface area contributed by atoms with Gasteiger partial charge in [0.15, 0.2) is 5.65 Å². The van der Waals surface area contributed by atoms with Gasteiger partial charge in [-0.1, -0.05) is 12.1 Å². The molecule has 0 spiro atoms. The first kappa shape index (κ1) is 12.7. The van der Waals surface area contributed by atoms with Gasteiger partial charge in [0.2, 0.25) is 0 Å². The average Bonchev–Trinajstić information content (AvgIpc) is 2.90. The predicted molar refractivity (Wildman–Crippen MR) is 72.9 cm³/mol. The lowest BCUT2D eigenvalue weighted by molar-refractivity contribution is -0.385. The molecule has 0 bridgehead atoms. The number of benzene rings is 1. The van der Waals surface area contributed by atoms with Crippen molar-refractivity contribution in [2.75, 3.05) is 0 Å². The lowest BCUT2D eigenvalue weighted by atomic mass is 10.1. The molecule has 0 saturated carbocycles. The number of pyridine rings is 1. The van der Waals surface area contributed by atoms with E-state index in [-0.39, 0.29) is 11.3 Å². The van der Waals surface area contributed by atoms with Crippen molar-refractivity contribution in [2.45, 2.75) is 0 Å². The monoisotopic (exact) mass is 284 g/mol. The summed E-state index contributed by atoms with van der Waals surface area (Å²) in [6.45, 7) is 0. The van der Waals surface area contributed by atoms with Gasteiger partial charge in [-0.2, -0.15) is 0 Å². The van der Waals surface area contributed by atoms with Crippen molar-refractivity contribution in [3.8, 4) is 11.4 Å². The van der Waals surface area contributed by atoms with E-state index in [9.17, 15) is 14.9 Å². The molecule has 0 aliphatic rings. The molecule has 0 aliphatic heterocycles. The summed E-state index contributed by atoms with van der Waals surface area (Å²) in [4.78, 5) is 32.1. The molecule has 0 radical (unpaired) electrons. The highest BCUT2D eigenvalue weighted by Gasteiger charge is 2.12. The Morgan fingerprint density at radius 3 is 2.86 bits per heavy atom. The summed E-state index contributed by atoms with van der Waals surface area (Å²) in [6.07, 6.45) is 1.13. The van der Waals surface area contributed by atoms with E-state index in [0.29, 0.717) is 22.6 Å². The van der Waals surface area contributed by atoms with Crippen LogP contribution in [0.4, 0.5) is 5.69 Å². The number of H-pyrrole nitrogens is 1.